The number of alkyl halides is 3. The van der Waals surface area contributed by atoms with Crippen molar-refractivity contribution >= 4 is 10.1 Å². The lowest BCUT2D eigenvalue weighted by atomic mass is 9.89. The van der Waals surface area contributed by atoms with Crippen LogP contribution in [0.25, 0.3) is 0 Å². The predicted molar refractivity (Wildman–Crippen MR) is 109 cm³/mol. The van der Waals surface area contributed by atoms with Crippen LogP contribution in [-0.2, 0) is 21.3 Å². The van der Waals surface area contributed by atoms with Crippen molar-refractivity contribution in [3.63, 3.8) is 0 Å². The van der Waals surface area contributed by atoms with Gasteiger partial charge in [-0.15, -0.1) is 0 Å². The molecule has 5 atom stereocenters. The third-order valence-electron chi connectivity index (χ3n) is 5.28. The van der Waals surface area contributed by atoms with Crippen LogP contribution >= 0.6 is 0 Å². The van der Waals surface area contributed by atoms with Gasteiger partial charge in [0.1, 0.15) is 36.3 Å². The van der Waals surface area contributed by atoms with Crippen LogP contribution in [0, 0.1) is 11.3 Å². The maximum absolute atomic E-state index is 12.5. The minimum Gasteiger partial charge on any atom is -0.394 e. The van der Waals surface area contributed by atoms with E-state index in [-0.39, 0.29) is 12.0 Å². The minimum atomic E-state index is -5.81. The topological polar surface area (TPSA) is 157 Å². The van der Waals surface area contributed by atoms with Gasteiger partial charge in [-0.05, 0) is 41.3 Å². The lowest BCUT2D eigenvalue weighted by Gasteiger charge is -2.40. The number of rotatable bonds is 6. The van der Waals surface area contributed by atoms with E-state index >= 15 is 0 Å². The van der Waals surface area contributed by atoms with Crippen LogP contribution in [0.15, 0.2) is 42.5 Å². The molecule has 34 heavy (non-hydrogen) atoms. The summed E-state index contributed by atoms with van der Waals surface area (Å²) in [5.74, 6) is -0.545. The minimum absolute atomic E-state index is 0.0977. The average molecular weight is 503 g/mol. The van der Waals surface area contributed by atoms with Crippen molar-refractivity contribution in [1.82, 2.24) is 0 Å². The second kappa shape index (κ2) is 9.87. The second-order valence-corrected chi connectivity index (χ2v) is 9.12. The number of nitrogens with zero attached hydrogens (tertiary/aromatic N) is 1. The Hall–Kier alpha value is -2.73. The molecule has 184 valence electrons. The fourth-order valence-electron chi connectivity index (χ4n) is 3.48. The highest BCUT2D eigenvalue weighted by Gasteiger charge is 2.48. The molecule has 1 fully saturated rings. The molecule has 13 heteroatoms. The van der Waals surface area contributed by atoms with Gasteiger partial charge in [-0.2, -0.15) is 26.9 Å². The van der Waals surface area contributed by atoms with Gasteiger partial charge < -0.3 is 29.3 Å². The van der Waals surface area contributed by atoms with Crippen LogP contribution in [0.4, 0.5) is 13.2 Å². The molecule has 0 saturated carbocycles. The van der Waals surface area contributed by atoms with Gasteiger partial charge in [-0.3, -0.25) is 0 Å². The van der Waals surface area contributed by atoms with E-state index in [1.165, 1.54) is 30.3 Å². The van der Waals surface area contributed by atoms with Crippen molar-refractivity contribution in [3.05, 3.63) is 64.7 Å². The molecule has 1 aliphatic rings. The van der Waals surface area contributed by atoms with E-state index in [1.807, 2.05) is 6.07 Å². The molecular formula is C21H20F3NO8S. The Labute approximate surface area is 192 Å². The zero-order valence-electron chi connectivity index (χ0n) is 17.3. The first kappa shape index (κ1) is 25.9. The predicted octanol–water partition coefficient (Wildman–Crippen LogP) is 0.892. The molecule has 1 saturated heterocycles. The summed E-state index contributed by atoms with van der Waals surface area (Å²) in [5, 5.41) is 49.1. The Bertz CT molecular complexity index is 1160. The number of aliphatic hydroxyl groups excluding tert-OH is 4. The van der Waals surface area contributed by atoms with E-state index in [0.717, 1.165) is 12.1 Å². The van der Waals surface area contributed by atoms with Crippen LogP contribution in [0.3, 0.4) is 0 Å². The van der Waals surface area contributed by atoms with Crippen molar-refractivity contribution in [1.29, 1.82) is 5.26 Å². The van der Waals surface area contributed by atoms with Crippen molar-refractivity contribution < 1.29 is 50.9 Å². The van der Waals surface area contributed by atoms with Gasteiger partial charge in [0, 0.05) is 0 Å². The lowest BCUT2D eigenvalue weighted by molar-refractivity contribution is -0.231. The maximum Gasteiger partial charge on any atom is 0.534 e. The Morgan fingerprint density at radius 3 is 2.24 bits per heavy atom. The number of ether oxygens (including phenoxy) is 1. The number of benzene rings is 2. The van der Waals surface area contributed by atoms with Crippen LogP contribution < -0.4 is 4.18 Å². The van der Waals surface area contributed by atoms with Crippen LogP contribution in [-0.4, -0.2) is 65.4 Å². The van der Waals surface area contributed by atoms with Crippen LogP contribution in [0.2, 0.25) is 0 Å². The summed E-state index contributed by atoms with van der Waals surface area (Å²) in [6, 6.07) is 11.1. The molecule has 3 rings (SSSR count). The van der Waals surface area contributed by atoms with E-state index < -0.39 is 58.5 Å². The second-order valence-electron chi connectivity index (χ2n) is 7.58. The quantitative estimate of drug-likeness (QED) is 0.332. The van der Waals surface area contributed by atoms with Crippen LogP contribution in [0.5, 0.6) is 5.75 Å². The molecule has 0 amide bonds. The van der Waals surface area contributed by atoms with Crippen molar-refractivity contribution in [3.8, 4) is 11.8 Å². The first-order chi connectivity index (χ1) is 15.9. The molecule has 1 aliphatic heterocycles. The van der Waals surface area contributed by atoms with E-state index in [2.05, 4.69) is 4.18 Å². The first-order valence-electron chi connectivity index (χ1n) is 9.81. The Balaban J connectivity index is 1.84. The molecule has 0 radical (unpaired) electrons. The van der Waals surface area contributed by atoms with E-state index in [1.54, 1.807) is 0 Å². The van der Waals surface area contributed by atoms with Gasteiger partial charge in [0.2, 0.25) is 0 Å². The highest BCUT2D eigenvalue weighted by atomic mass is 32.2. The fourth-order valence-corrected chi connectivity index (χ4v) is 3.94. The smallest absolute Gasteiger partial charge is 0.394 e. The maximum atomic E-state index is 12.5. The van der Waals surface area contributed by atoms with Gasteiger partial charge in [-0.25, -0.2) is 0 Å². The Morgan fingerprint density at radius 1 is 1.03 bits per heavy atom. The Morgan fingerprint density at radius 2 is 1.68 bits per heavy atom. The first-order valence-corrected chi connectivity index (χ1v) is 11.2. The highest BCUT2D eigenvalue weighted by Crippen LogP contribution is 2.34. The van der Waals surface area contributed by atoms with Gasteiger partial charge in [-0.1, -0.05) is 24.3 Å². The number of nitriles is 1. The van der Waals surface area contributed by atoms with E-state index in [0.29, 0.717) is 16.7 Å². The standard InChI is InChI=1S/C21H20F3NO8S/c22-21(23,24)34(30,31)33-15-5-1-11(2-6-15)7-14-8-12(3-4-13(14)9-25)20-19(29)18(28)17(27)16(10-26)32-20/h1-6,8,16-20,26-29H,7,10H2/t16?,17-,18-,19-,20+/m1/s1. The lowest BCUT2D eigenvalue weighted by Crippen LogP contribution is -2.55. The normalized spacial score (nSPS) is 25.5. The summed E-state index contributed by atoms with van der Waals surface area (Å²) in [7, 11) is -5.81. The molecule has 1 unspecified atom stereocenters. The van der Waals surface area contributed by atoms with Crippen LogP contribution in [0.1, 0.15) is 28.4 Å². The molecule has 0 aromatic heterocycles. The summed E-state index contributed by atoms with van der Waals surface area (Å²) in [6.07, 6.45) is -6.79. The third-order valence-corrected chi connectivity index (χ3v) is 6.26. The zero-order valence-corrected chi connectivity index (χ0v) is 18.1. The summed E-state index contributed by atoms with van der Waals surface area (Å²) >= 11 is 0. The molecule has 0 bridgehead atoms. The summed E-state index contributed by atoms with van der Waals surface area (Å²) in [4.78, 5) is 0. The van der Waals surface area contributed by atoms with Crippen molar-refractivity contribution in [2.45, 2.75) is 42.4 Å². The summed E-state index contributed by atoms with van der Waals surface area (Å²) in [5.41, 5.74) is -4.04. The fraction of sp³-hybridized carbons (Fsp3) is 0.381. The summed E-state index contributed by atoms with van der Waals surface area (Å²) < 4.78 is 69.2. The van der Waals surface area contributed by atoms with Gasteiger partial charge in [0.25, 0.3) is 0 Å². The van der Waals surface area contributed by atoms with Gasteiger partial charge in [0.15, 0.2) is 0 Å². The molecule has 0 spiro atoms. The van der Waals surface area contributed by atoms with E-state index in [9.17, 15) is 47.3 Å². The zero-order chi connectivity index (χ0) is 25.3. The molecule has 2 aromatic rings. The SMILES string of the molecule is N#Cc1ccc([C@@H]2OC(CO)[C@@H](O)[C@@H](O)[C@H]2O)cc1Cc1ccc(OS(=O)(=O)C(F)(F)F)cc1. The molecule has 2 aromatic carbocycles. The van der Waals surface area contributed by atoms with Crippen molar-refractivity contribution in [2.75, 3.05) is 6.61 Å². The average Bonchev–Trinajstić information content (AvgIpc) is 2.78. The monoisotopic (exact) mass is 503 g/mol. The number of aliphatic hydroxyl groups is 4. The molecule has 9 nitrogen and oxygen atoms in total. The Kier molecular flexibility index (Phi) is 7.51. The third kappa shape index (κ3) is 5.33. The van der Waals surface area contributed by atoms with Gasteiger partial charge >= 0.3 is 15.6 Å². The largest absolute Gasteiger partial charge is 0.534 e. The molecule has 0 aliphatic carbocycles. The number of halogens is 3. The molecular weight excluding hydrogens is 483 g/mol. The van der Waals surface area contributed by atoms with Crippen molar-refractivity contribution in [2.24, 2.45) is 0 Å². The van der Waals surface area contributed by atoms with E-state index in [4.69, 9.17) is 4.74 Å². The summed E-state index contributed by atoms with van der Waals surface area (Å²) in [6.45, 7) is -0.608. The highest BCUT2D eigenvalue weighted by molar-refractivity contribution is 7.88. The number of hydrogen-bond acceptors (Lipinski definition) is 9. The molecule has 1 heterocycles. The number of hydrogen-bond donors (Lipinski definition) is 4. The van der Waals surface area contributed by atoms with Gasteiger partial charge in [0.05, 0.1) is 18.2 Å². The molecule has 4 N–H and O–H groups in total.